The second kappa shape index (κ2) is 8.35. The second-order valence-corrected chi connectivity index (χ2v) is 8.07. The number of carbonyl (C=O) groups excluding carboxylic acids is 2. The van der Waals surface area contributed by atoms with E-state index in [4.69, 9.17) is 16.7 Å². The van der Waals surface area contributed by atoms with Crippen molar-refractivity contribution in [3.05, 3.63) is 46.2 Å². The Bertz CT molecular complexity index is 883. The first-order valence-electron chi connectivity index (χ1n) is 9.67. The van der Waals surface area contributed by atoms with Crippen molar-refractivity contribution in [3.63, 3.8) is 0 Å². The standard InChI is InChI=1S/C21H27ClN4O2/c1-14(2)13-18-20(21(28)25-11-9-24(10-12-25)16(4)27)15(3)26(23-18)19-8-6-5-7-17(19)22/h5-8,14H,9-13H2,1-4H3. The Kier molecular flexibility index (Phi) is 6.08. The molecular weight excluding hydrogens is 376 g/mol. The predicted octanol–water partition coefficient (Wildman–Crippen LogP) is 3.34. The van der Waals surface area contributed by atoms with Gasteiger partial charge in [0.1, 0.15) is 0 Å². The van der Waals surface area contributed by atoms with E-state index in [1.54, 1.807) is 16.5 Å². The zero-order valence-corrected chi connectivity index (χ0v) is 17.7. The SMILES string of the molecule is CC(=O)N1CCN(C(=O)c2c(CC(C)C)nn(-c3ccccc3Cl)c2C)CC1. The average molecular weight is 403 g/mol. The third-order valence-electron chi connectivity index (χ3n) is 5.10. The van der Waals surface area contributed by atoms with Crippen molar-refractivity contribution in [2.24, 2.45) is 5.92 Å². The molecule has 1 aliphatic heterocycles. The number of hydrogen-bond acceptors (Lipinski definition) is 3. The Morgan fingerprint density at radius 3 is 2.29 bits per heavy atom. The number of carbonyl (C=O) groups is 2. The molecule has 7 heteroatoms. The Balaban J connectivity index is 1.96. The summed E-state index contributed by atoms with van der Waals surface area (Å²) in [7, 11) is 0. The second-order valence-electron chi connectivity index (χ2n) is 7.67. The topological polar surface area (TPSA) is 58.4 Å². The number of hydrogen-bond donors (Lipinski definition) is 0. The fraction of sp³-hybridized carbons (Fsp3) is 0.476. The molecule has 3 rings (SSSR count). The van der Waals surface area contributed by atoms with Crippen molar-refractivity contribution >= 4 is 23.4 Å². The molecule has 0 unspecified atom stereocenters. The van der Waals surface area contributed by atoms with Gasteiger partial charge in [-0.2, -0.15) is 5.10 Å². The fourth-order valence-corrected chi connectivity index (χ4v) is 3.82. The number of amides is 2. The van der Waals surface area contributed by atoms with Gasteiger partial charge in [0, 0.05) is 33.1 Å². The van der Waals surface area contributed by atoms with E-state index in [9.17, 15) is 9.59 Å². The first-order valence-corrected chi connectivity index (χ1v) is 10.1. The van der Waals surface area contributed by atoms with Crippen LogP contribution in [0.15, 0.2) is 24.3 Å². The molecule has 1 aliphatic rings. The Labute approximate surface area is 171 Å². The maximum absolute atomic E-state index is 13.4. The number of benzene rings is 1. The molecule has 0 radical (unpaired) electrons. The lowest BCUT2D eigenvalue weighted by atomic mass is 10.0. The number of piperazine rings is 1. The van der Waals surface area contributed by atoms with Gasteiger partial charge >= 0.3 is 0 Å². The molecule has 1 saturated heterocycles. The third kappa shape index (κ3) is 4.07. The number of para-hydroxylation sites is 1. The van der Waals surface area contributed by atoms with E-state index in [0.717, 1.165) is 17.1 Å². The zero-order valence-electron chi connectivity index (χ0n) is 16.9. The first-order chi connectivity index (χ1) is 13.3. The summed E-state index contributed by atoms with van der Waals surface area (Å²) in [6.07, 6.45) is 0.715. The van der Waals surface area contributed by atoms with Gasteiger partial charge in [-0.15, -0.1) is 0 Å². The third-order valence-corrected chi connectivity index (χ3v) is 5.42. The van der Waals surface area contributed by atoms with Crippen molar-refractivity contribution < 1.29 is 9.59 Å². The van der Waals surface area contributed by atoms with Gasteiger partial charge in [0.15, 0.2) is 0 Å². The van der Waals surface area contributed by atoms with E-state index >= 15 is 0 Å². The van der Waals surface area contributed by atoms with Gasteiger partial charge in [-0.05, 0) is 31.4 Å². The molecule has 0 saturated carbocycles. The van der Waals surface area contributed by atoms with Crippen LogP contribution in [0.3, 0.4) is 0 Å². The van der Waals surface area contributed by atoms with Crippen LogP contribution >= 0.6 is 11.6 Å². The summed E-state index contributed by atoms with van der Waals surface area (Å²) in [5.74, 6) is 0.403. The van der Waals surface area contributed by atoms with E-state index in [1.165, 1.54) is 0 Å². The van der Waals surface area contributed by atoms with Crippen LogP contribution in [-0.2, 0) is 11.2 Å². The lowest BCUT2D eigenvalue weighted by Gasteiger charge is -2.34. The summed E-state index contributed by atoms with van der Waals surface area (Å²) in [6.45, 7) is 9.92. The van der Waals surface area contributed by atoms with Crippen molar-refractivity contribution in [1.29, 1.82) is 0 Å². The van der Waals surface area contributed by atoms with Gasteiger partial charge in [-0.3, -0.25) is 9.59 Å². The molecule has 0 N–H and O–H groups in total. The largest absolute Gasteiger partial charge is 0.339 e. The molecule has 0 aliphatic carbocycles. The maximum Gasteiger partial charge on any atom is 0.257 e. The van der Waals surface area contributed by atoms with Crippen LogP contribution in [0.4, 0.5) is 0 Å². The highest BCUT2D eigenvalue weighted by Gasteiger charge is 2.29. The quantitative estimate of drug-likeness (QED) is 0.788. The van der Waals surface area contributed by atoms with E-state index < -0.39 is 0 Å². The Morgan fingerprint density at radius 1 is 1.11 bits per heavy atom. The number of halogens is 1. The summed E-state index contributed by atoms with van der Waals surface area (Å²) >= 11 is 6.38. The highest BCUT2D eigenvalue weighted by atomic mass is 35.5. The summed E-state index contributed by atoms with van der Waals surface area (Å²) < 4.78 is 1.78. The van der Waals surface area contributed by atoms with Crippen LogP contribution in [-0.4, -0.2) is 57.6 Å². The van der Waals surface area contributed by atoms with Crippen LogP contribution in [0.5, 0.6) is 0 Å². The van der Waals surface area contributed by atoms with E-state index in [0.29, 0.717) is 49.1 Å². The van der Waals surface area contributed by atoms with E-state index in [2.05, 4.69) is 13.8 Å². The van der Waals surface area contributed by atoms with Crippen molar-refractivity contribution in [1.82, 2.24) is 19.6 Å². The molecule has 1 fully saturated rings. The Morgan fingerprint density at radius 2 is 1.71 bits per heavy atom. The van der Waals surface area contributed by atoms with Crippen LogP contribution in [0.2, 0.25) is 5.02 Å². The fourth-order valence-electron chi connectivity index (χ4n) is 3.61. The van der Waals surface area contributed by atoms with Gasteiger partial charge in [-0.25, -0.2) is 4.68 Å². The molecule has 1 aromatic carbocycles. The number of nitrogens with zero attached hydrogens (tertiary/aromatic N) is 4. The smallest absolute Gasteiger partial charge is 0.257 e. The average Bonchev–Trinajstić information content (AvgIpc) is 2.96. The normalized spacial score (nSPS) is 14.6. The van der Waals surface area contributed by atoms with Crippen LogP contribution in [0.25, 0.3) is 5.69 Å². The highest BCUT2D eigenvalue weighted by Crippen LogP contribution is 2.26. The van der Waals surface area contributed by atoms with E-state index in [-0.39, 0.29) is 11.8 Å². The maximum atomic E-state index is 13.4. The molecule has 0 spiro atoms. The lowest BCUT2D eigenvalue weighted by molar-refractivity contribution is -0.130. The van der Waals surface area contributed by atoms with E-state index in [1.807, 2.05) is 36.1 Å². The molecule has 6 nitrogen and oxygen atoms in total. The summed E-state index contributed by atoms with van der Waals surface area (Å²) in [5, 5.41) is 5.36. The minimum Gasteiger partial charge on any atom is -0.339 e. The van der Waals surface area contributed by atoms with Gasteiger partial charge in [0.25, 0.3) is 5.91 Å². The number of rotatable bonds is 4. The van der Waals surface area contributed by atoms with Crippen molar-refractivity contribution in [3.8, 4) is 5.69 Å². The minimum atomic E-state index is -0.0188. The molecular formula is C21H27ClN4O2. The predicted molar refractivity (Wildman–Crippen MR) is 110 cm³/mol. The van der Waals surface area contributed by atoms with Gasteiger partial charge in [0.2, 0.25) is 5.91 Å². The monoisotopic (exact) mass is 402 g/mol. The van der Waals surface area contributed by atoms with Crippen molar-refractivity contribution in [2.45, 2.75) is 34.1 Å². The van der Waals surface area contributed by atoms with Crippen LogP contribution < -0.4 is 0 Å². The van der Waals surface area contributed by atoms with Crippen LogP contribution in [0, 0.1) is 12.8 Å². The summed E-state index contributed by atoms with van der Waals surface area (Å²) in [5.41, 5.74) is 3.02. The molecule has 2 amide bonds. The van der Waals surface area contributed by atoms with Gasteiger partial charge in [-0.1, -0.05) is 37.6 Å². The molecule has 0 bridgehead atoms. The molecule has 150 valence electrons. The lowest BCUT2D eigenvalue weighted by Crippen LogP contribution is -2.50. The molecule has 0 atom stereocenters. The van der Waals surface area contributed by atoms with Gasteiger partial charge in [0.05, 0.1) is 27.7 Å². The minimum absolute atomic E-state index is 0.0188. The zero-order chi connectivity index (χ0) is 20.4. The van der Waals surface area contributed by atoms with Gasteiger partial charge < -0.3 is 9.80 Å². The molecule has 2 heterocycles. The highest BCUT2D eigenvalue weighted by molar-refractivity contribution is 6.32. The summed E-state index contributed by atoms with van der Waals surface area (Å²) in [6, 6.07) is 7.51. The summed E-state index contributed by atoms with van der Waals surface area (Å²) in [4.78, 5) is 28.5. The molecule has 2 aromatic rings. The molecule has 28 heavy (non-hydrogen) atoms. The first kappa shape index (κ1) is 20.4. The molecule has 1 aromatic heterocycles. The Hall–Kier alpha value is -2.34. The van der Waals surface area contributed by atoms with Crippen molar-refractivity contribution in [2.75, 3.05) is 26.2 Å². The van der Waals surface area contributed by atoms with Crippen LogP contribution in [0.1, 0.15) is 42.5 Å². The number of aromatic nitrogens is 2.